The maximum Gasteiger partial charge on any atom is 0.373 e. The first kappa shape index (κ1) is 88.7. The van der Waals surface area contributed by atoms with Crippen LogP contribution in [0, 0.1) is 16.7 Å². The van der Waals surface area contributed by atoms with E-state index in [1.807, 2.05) is 26.2 Å². The van der Waals surface area contributed by atoms with Gasteiger partial charge in [-0.1, -0.05) is 104 Å². The monoisotopic (exact) mass is 1680 g/mol. The van der Waals surface area contributed by atoms with Gasteiger partial charge < -0.3 is 79.3 Å². The van der Waals surface area contributed by atoms with Crippen molar-refractivity contribution in [2.45, 2.75) is 178 Å². The average Bonchev–Trinajstić information content (AvgIpc) is 0.737. The number of aromatic nitrogens is 5. The number of anilines is 2. The van der Waals surface area contributed by atoms with Crippen LogP contribution < -0.4 is 32.6 Å². The minimum absolute atomic E-state index is 0.00327. The molecule has 1 saturated heterocycles. The number of carboxylic acids is 1. The summed E-state index contributed by atoms with van der Waals surface area (Å²) in [6.45, 7) is 14.8. The molecular formula is C81H92N10O24SSi2. The maximum atomic E-state index is 16.8. The van der Waals surface area contributed by atoms with Crippen molar-refractivity contribution in [1.29, 1.82) is 0 Å². The number of H-pyrrole nitrogens is 1. The zero-order valence-corrected chi connectivity index (χ0v) is 68.9. The smallest absolute Gasteiger partial charge is 0.373 e. The van der Waals surface area contributed by atoms with Crippen LogP contribution in [0.5, 0.6) is 0 Å². The summed E-state index contributed by atoms with van der Waals surface area (Å²) in [4.78, 5) is 189. The van der Waals surface area contributed by atoms with Crippen molar-refractivity contribution in [2.75, 3.05) is 29.6 Å². The van der Waals surface area contributed by atoms with Gasteiger partial charge in [0.25, 0.3) is 22.6 Å². The van der Waals surface area contributed by atoms with Gasteiger partial charge in [0, 0.05) is 60.3 Å². The van der Waals surface area contributed by atoms with Crippen LogP contribution in [0.3, 0.4) is 0 Å². The molecule has 37 heteroatoms. The molecule has 0 spiro atoms. The Bertz CT molecular complexity index is 5070. The van der Waals surface area contributed by atoms with E-state index in [-0.39, 0.29) is 95.4 Å². The number of ketones is 1. The SMILES string of the molecule is CC(=O)O[C@@]12CO[C@@H]1C[C@H](OC(=O)C/C=C/[Si](C)(C)O[Si](C)(C)CSc1ncc(CNC(=O)CCCNC(=O)c3ccc(NCc4cnc5nc(N)[nH]c(=O)c5n4)cc3)o1)[C@@]1(C)C(=O)[C@H](OC(=O)CCC(=O)O)C3=C(C)C(OC(=O)[C@H](O)[C@@H](NC(=O)c4ccccc4)c4ccccc4)C[C@@](O)([C@@H](OC(=O)c4ccccc4)[C@H]21)C3(C)C.O=C=O. The van der Waals surface area contributed by atoms with Gasteiger partial charge in [0.15, 0.2) is 51.4 Å². The lowest BCUT2D eigenvalue weighted by atomic mass is 9.44. The van der Waals surface area contributed by atoms with Gasteiger partial charge in [0.1, 0.15) is 35.8 Å². The molecule has 1 unspecified atom stereocenters. The Morgan fingerprint density at radius 1 is 0.788 bits per heavy atom. The van der Waals surface area contributed by atoms with E-state index in [0.717, 1.165) is 6.92 Å². The summed E-state index contributed by atoms with van der Waals surface area (Å²) in [6.07, 6.45) is -8.66. The van der Waals surface area contributed by atoms with E-state index in [0.29, 0.717) is 39.7 Å². The molecule has 4 aromatic carbocycles. The number of rotatable bonds is 32. The number of aliphatic hydroxyl groups is 2. The molecule has 2 bridgehead atoms. The number of aromatic amines is 1. The van der Waals surface area contributed by atoms with Crippen LogP contribution in [0.4, 0.5) is 11.6 Å². The summed E-state index contributed by atoms with van der Waals surface area (Å²) in [5, 5.41) is 48.7. The summed E-state index contributed by atoms with van der Waals surface area (Å²) in [5.74, 6) is -10.5. The highest BCUT2D eigenvalue weighted by Gasteiger charge is 2.79. The molecule has 3 amide bonds. The summed E-state index contributed by atoms with van der Waals surface area (Å²) in [6, 6.07) is 29.0. The van der Waals surface area contributed by atoms with Crippen LogP contribution in [-0.4, -0.2) is 189 Å². The van der Waals surface area contributed by atoms with Crippen LogP contribution in [0.25, 0.3) is 11.2 Å². The molecule has 11 rings (SSSR count). The number of Topliss-reactive ketones (excluding diaryl/α,β-unsaturated/α-hetero) is 1. The zero-order chi connectivity index (χ0) is 85.7. The Kier molecular flexibility index (Phi) is 28.3. The molecule has 11 atom stereocenters. The second-order valence-corrected chi connectivity index (χ2v) is 40.3. The van der Waals surface area contributed by atoms with E-state index in [2.05, 4.69) is 46.2 Å². The lowest BCUT2D eigenvalue weighted by molar-refractivity contribution is -0.346. The van der Waals surface area contributed by atoms with Gasteiger partial charge in [-0.3, -0.25) is 48.1 Å². The van der Waals surface area contributed by atoms with E-state index >= 15 is 9.59 Å². The molecule has 4 aliphatic rings. The molecule has 4 heterocycles. The molecule has 118 heavy (non-hydrogen) atoms. The predicted molar refractivity (Wildman–Crippen MR) is 424 cm³/mol. The van der Waals surface area contributed by atoms with E-state index in [1.165, 1.54) is 76.1 Å². The van der Waals surface area contributed by atoms with Gasteiger partial charge in [0.2, 0.25) is 11.9 Å². The van der Waals surface area contributed by atoms with Gasteiger partial charge in [-0.2, -0.15) is 14.6 Å². The van der Waals surface area contributed by atoms with E-state index in [1.54, 1.807) is 103 Å². The number of carboxylic acid groups (broad SMARTS) is 1. The second-order valence-electron chi connectivity index (χ2n) is 30.7. The summed E-state index contributed by atoms with van der Waals surface area (Å²) >= 11 is 1.33. The van der Waals surface area contributed by atoms with E-state index < -0.39 is 173 Å². The molecule has 34 nitrogen and oxygen atoms in total. The molecular weight excluding hydrogens is 1590 g/mol. The number of nitrogens with two attached hydrogens (primary N) is 1. The van der Waals surface area contributed by atoms with Crippen molar-refractivity contribution in [1.82, 2.24) is 40.9 Å². The standard InChI is InChI=1S/C80H92N10O22SSi2.CO2/c1-45-54(107-74(103)64(97)62(47-21-13-10-14-22-47)88-71(100)48-23-15-11-16-24-48)38-80(104)68(110-73(102)50-25-17-12-18-26-50)66-78(5,67(98)65(61(45)77(80,3)4)109-60(96)34-33-58(93)94)55(37-56-79(66,43-105-56)111-46(2)91)108-59(95)28-20-36-114(6,7)112-115(8,9)44-113-76-86-42-53(106-76)41-84-57(92)27-19-35-82-70(99)49-29-31-51(32-30-49)83-39-52-40-85-69-63(87-52)72(101)90-75(81)89-69;2-1-3/h10-18,20-26,29-32,36,40,42,54-56,62,64-66,68,83,97,104H,19,27-28,33-35,37-39,41,43-44H2,1-9H3,(H,82,99)(H,84,92)(H,88,100)(H,93,94)(H3,81,85,89,90,101);/b36-20+;/t54?,55-,56+,62-,64+,65+,66-,68-,78+,79-,80+;/m0./s1. The highest BCUT2D eigenvalue weighted by Crippen LogP contribution is 2.65. The third-order valence-electron chi connectivity index (χ3n) is 21.1. The number of fused-ring (bicyclic) bond motifs is 6. The van der Waals surface area contributed by atoms with Gasteiger partial charge in [0.05, 0.1) is 80.0 Å². The molecule has 3 aliphatic carbocycles. The highest BCUT2D eigenvalue weighted by atomic mass is 32.2. The molecule has 3 aromatic heterocycles. The first-order chi connectivity index (χ1) is 55.9. The van der Waals surface area contributed by atoms with E-state index in [9.17, 15) is 58.5 Å². The van der Waals surface area contributed by atoms with Crippen LogP contribution >= 0.6 is 11.8 Å². The largest absolute Gasteiger partial charge is 0.481 e. The normalized spacial score (nSPS) is 22.2. The quantitative estimate of drug-likeness (QED) is 0.00521. The summed E-state index contributed by atoms with van der Waals surface area (Å²) in [5.41, 5.74) is -0.0193. The van der Waals surface area contributed by atoms with E-state index in [4.69, 9.17) is 52.3 Å². The van der Waals surface area contributed by atoms with Crippen molar-refractivity contribution < 1.29 is 110 Å². The highest BCUT2D eigenvalue weighted by molar-refractivity contribution is 8.00. The fourth-order valence-electron chi connectivity index (χ4n) is 15.5. The molecule has 1 aliphatic heterocycles. The fourth-order valence-corrected chi connectivity index (χ4v) is 25.1. The van der Waals surface area contributed by atoms with Crippen LogP contribution in [0.15, 0.2) is 165 Å². The molecule has 2 saturated carbocycles. The Morgan fingerprint density at radius 3 is 2.08 bits per heavy atom. The third kappa shape index (κ3) is 20.6. The molecule has 3 fully saturated rings. The van der Waals surface area contributed by atoms with Gasteiger partial charge in [-0.15, -0.1) is 0 Å². The Hall–Kier alpha value is -11.7. The van der Waals surface area contributed by atoms with Crippen molar-refractivity contribution >= 4 is 117 Å². The number of thioether (sulfide) groups is 1. The number of ether oxygens (including phenoxy) is 6. The topological polar surface area (TPSA) is 502 Å². The van der Waals surface area contributed by atoms with Gasteiger partial charge in [-0.05, 0) is 112 Å². The Labute approximate surface area is 682 Å². The number of esters is 5. The number of aliphatic hydroxyl groups excluding tert-OH is 1. The molecule has 7 aromatic rings. The van der Waals surface area contributed by atoms with Crippen LogP contribution in [0.2, 0.25) is 26.2 Å². The number of amides is 3. The average molecular weight is 1680 g/mol. The van der Waals surface area contributed by atoms with Crippen molar-refractivity contribution in [3.8, 4) is 0 Å². The van der Waals surface area contributed by atoms with Gasteiger partial charge in [-0.25, -0.2) is 24.5 Å². The maximum absolute atomic E-state index is 16.8. The first-order valence-corrected chi connectivity index (χ1v) is 44.8. The second kappa shape index (κ2) is 37.7. The lowest BCUT2D eigenvalue weighted by Crippen LogP contribution is -2.82. The number of hydrogen-bond donors (Lipinski definition) is 9. The number of nitrogens with zero attached hydrogens (tertiary/aromatic N) is 4. The first-order valence-electron chi connectivity index (χ1n) is 37.7. The van der Waals surface area contributed by atoms with Crippen LogP contribution in [-0.2, 0) is 88.8 Å². The van der Waals surface area contributed by atoms with Crippen molar-refractivity contribution in [3.63, 3.8) is 0 Å². The van der Waals surface area contributed by atoms with Gasteiger partial charge >= 0.3 is 42.0 Å². The third-order valence-corrected chi connectivity index (χ3v) is 30.2. The van der Waals surface area contributed by atoms with Crippen LogP contribution in [0.1, 0.15) is 134 Å². The number of aliphatic carboxylic acids is 1. The minimum Gasteiger partial charge on any atom is -0.481 e. The number of oxazole rings is 1. The van der Waals surface area contributed by atoms with Crippen molar-refractivity contribution in [3.05, 3.63) is 195 Å². The molecule has 0 radical (unpaired) electrons. The number of carbonyl (C=O) groups excluding carboxylic acids is 11. The number of hydrogen-bond acceptors (Lipinski definition) is 30. The fraction of sp³-hybridized carbons (Fsp3) is 0.407. The summed E-state index contributed by atoms with van der Waals surface area (Å²) < 4.78 is 50.9. The molecule has 624 valence electrons. The Balaban J connectivity index is 0.00000481. The number of benzene rings is 4. The predicted octanol–water partition coefficient (Wildman–Crippen LogP) is 6.83. The zero-order valence-electron chi connectivity index (χ0n) is 66.1. The Morgan fingerprint density at radius 2 is 1.44 bits per heavy atom. The minimum atomic E-state index is -2.81. The van der Waals surface area contributed by atoms with Crippen molar-refractivity contribution in [2.24, 2.45) is 16.7 Å². The number of nitrogen functional groups attached to an aromatic ring is 1. The lowest BCUT2D eigenvalue weighted by Gasteiger charge is -2.67. The molecule has 10 N–H and O–H groups in total. The number of nitrogens with one attached hydrogen (secondary N) is 5. The summed E-state index contributed by atoms with van der Waals surface area (Å²) in [7, 11) is -5.39. The number of carbonyl (C=O) groups is 10.